The molecule has 4 nitrogen and oxygen atoms in total. The molecular weight excluding hydrogens is 234 g/mol. The van der Waals surface area contributed by atoms with E-state index in [9.17, 15) is 4.79 Å². The summed E-state index contributed by atoms with van der Waals surface area (Å²) in [5.41, 5.74) is 1.59. The number of carbonyl (C=O) groups is 1. The molecule has 0 atom stereocenters. The lowest BCUT2D eigenvalue weighted by Crippen LogP contribution is -2.43. The highest BCUT2D eigenvalue weighted by molar-refractivity contribution is 7.98. The zero-order valence-electron chi connectivity index (χ0n) is 10.0. The van der Waals surface area contributed by atoms with Crippen molar-refractivity contribution < 1.29 is 4.79 Å². The van der Waals surface area contributed by atoms with Crippen LogP contribution in [0.15, 0.2) is 11.4 Å². The van der Waals surface area contributed by atoms with E-state index >= 15 is 0 Å². The molecule has 3 rings (SSSR count). The Balaban J connectivity index is 1.84. The molecule has 1 aliphatic heterocycles. The van der Waals surface area contributed by atoms with Crippen molar-refractivity contribution in [1.29, 1.82) is 0 Å². The number of aromatic nitrogens is 2. The van der Waals surface area contributed by atoms with Crippen LogP contribution < -0.4 is 0 Å². The maximum Gasteiger partial charge on any atom is 0.257 e. The van der Waals surface area contributed by atoms with E-state index in [4.69, 9.17) is 0 Å². The summed E-state index contributed by atoms with van der Waals surface area (Å²) in [6.07, 6.45) is 5.88. The Morgan fingerprint density at radius 3 is 2.88 bits per heavy atom. The SMILES string of the molecule is CSc1ncc2c(n1)CN(C1CC(C)C1)C2=O. The molecule has 1 saturated carbocycles. The number of thioether (sulfide) groups is 1. The average Bonchev–Trinajstić information content (AvgIpc) is 2.62. The minimum absolute atomic E-state index is 0.115. The second-order valence-corrected chi connectivity index (χ2v) is 5.65. The van der Waals surface area contributed by atoms with E-state index in [1.54, 1.807) is 6.20 Å². The summed E-state index contributed by atoms with van der Waals surface area (Å²) >= 11 is 1.51. The highest BCUT2D eigenvalue weighted by Crippen LogP contribution is 2.35. The summed E-state index contributed by atoms with van der Waals surface area (Å²) in [5, 5.41) is 0.750. The van der Waals surface area contributed by atoms with Gasteiger partial charge < -0.3 is 4.90 Å². The fraction of sp³-hybridized carbons (Fsp3) is 0.583. The summed E-state index contributed by atoms with van der Waals surface area (Å²) in [7, 11) is 0. The van der Waals surface area contributed by atoms with Gasteiger partial charge >= 0.3 is 0 Å². The maximum absolute atomic E-state index is 12.2. The number of nitrogens with zero attached hydrogens (tertiary/aromatic N) is 3. The van der Waals surface area contributed by atoms with Gasteiger partial charge in [-0.05, 0) is 25.0 Å². The topological polar surface area (TPSA) is 46.1 Å². The van der Waals surface area contributed by atoms with Gasteiger partial charge in [-0.3, -0.25) is 4.79 Å². The first-order chi connectivity index (χ1) is 8.19. The van der Waals surface area contributed by atoms with Gasteiger partial charge in [-0.1, -0.05) is 18.7 Å². The Kier molecular flexibility index (Phi) is 2.58. The van der Waals surface area contributed by atoms with Crippen molar-refractivity contribution in [3.63, 3.8) is 0 Å². The minimum atomic E-state index is 0.115. The molecule has 0 N–H and O–H groups in total. The molecule has 0 saturated heterocycles. The van der Waals surface area contributed by atoms with Gasteiger partial charge in [0, 0.05) is 12.2 Å². The van der Waals surface area contributed by atoms with Crippen LogP contribution in [0.3, 0.4) is 0 Å². The first kappa shape index (κ1) is 11.0. The molecule has 0 radical (unpaired) electrons. The molecule has 1 amide bonds. The van der Waals surface area contributed by atoms with E-state index < -0.39 is 0 Å². The lowest BCUT2D eigenvalue weighted by molar-refractivity contribution is 0.0508. The second-order valence-electron chi connectivity index (χ2n) is 4.88. The second kappa shape index (κ2) is 3.98. The Bertz CT molecular complexity index is 471. The van der Waals surface area contributed by atoms with Gasteiger partial charge in [-0.2, -0.15) is 0 Å². The van der Waals surface area contributed by atoms with E-state index in [1.807, 2.05) is 11.2 Å². The van der Waals surface area contributed by atoms with E-state index in [-0.39, 0.29) is 5.91 Å². The largest absolute Gasteiger partial charge is 0.330 e. The molecule has 90 valence electrons. The normalized spacial score (nSPS) is 26.9. The van der Waals surface area contributed by atoms with Crippen LogP contribution in [0, 0.1) is 5.92 Å². The highest BCUT2D eigenvalue weighted by Gasteiger charge is 2.39. The molecule has 0 aromatic carbocycles. The van der Waals surface area contributed by atoms with E-state index in [2.05, 4.69) is 16.9 Å². The van der Waals surface area contributed by atoms with Crippen LogP contribution in [0.25, 0.3) is 0 Å². The first-order valence-electron chi connectivity index (χ1n) is 5.90. The molecule has 1 aliphatic carbocycles. The number of amides is 1. The Morgan fingerprint density at radius 2 is 2.24 bits per heavy atom. The van der Waals surface area contributed by atoms with Crippen LogP contribution in [0.4, 0.5) is 0 Å². The molecule has 5 heteroatoms. The van der Waals surface area contributed by atoms with Gasteiger partial charge in [-0.25, -0.2) is 9.97 Å². The fourth-order valence-electron chi connectivity index (χ4n) is 2.59. The summed E-state index contributed by atoms with van der Waals surface area (Å²) in [5.74, 6) is 0.869. The zero-order valence-corrected chi connectivity index (χ0v) is 10.8. The molecule has 1 aromatic rings. The van der Waals surface area contributed by atoms with Crippen molar-refractivity contribution in [1.82, 2.24) is 14.9 Å². The quantitative estimate of drug-likeness (QED) is 0.593. The van der Waals surface area contributed by atoms with Crippen molar-refractivity contribution in [3.8, 4) is 0 Å². The third-order valence-electron chi connectivity index (χ3n) is 3.63. The van der Waals surface area contributed by atoms with Crippen molar-refractivity contribution >= 4 is 17.7 Å². The molecule has 2 aliphatic rings. The van der Waals surface area contributed by atoms with E-state index in [0.29, 0.717) is 18.2 Å². The van der Waals surface area contributed by atoms with Crippen LogP contribution in [-0.4, -0.2) is 33.1 Å². The van der Waals surface area contributed by atoms with Gasteiger partial charge in [0.15, 0.2) is 5.16 Å². The van der Waals surface area contributed by atoms with Gasteiger partial charge in [0.25, 0.3) is 5.91 Å². The smallest absolute Gasteiger partial charge is 0.257 e. The molecule has 0 unspecified atom stereocenters. The lowest BCUT2D eigenvalue weighted by Gasteiger charge is -2.39. The predicted octanol–water partition coefficient (Wildman–Crippen LogP) is 1.95. The molecule has 17 heavy (non-hydrogen) atoms. The first-order valence-corrected chi connectivity index (χ1v) is 7.12. The van der Waals surface area contributed by atoms with Gasteiger partial charge in [0.2, 0.25) is 0 Å². The summed E-state index contributed by atoms with van der Waals surface area (Å²) in [6, 6.07) is 0.421. The Morgan fingerprint density at radius 1 is 1.47 bits per heavy atom. The van der Waals surface area contributed by atoms with Gasteiger partial charge in [0.05, 0.1) is 17.8 Å². The number of fused-ring (bicyclic) bond motifs is 1. The summed E-state index contributed by atoms with van der Waals surface area (Å²) < 4.78 is 0. The van der Waals surface area contributed by atoms with Crippen LogP contribution >= 0.6 is 11.8 Å². The van der Waals surface area contributed by atoms with Crippen molar-refractivity contribution in [2.24, 2.45) is 5.92 Å². The van der Waals surface area contributed by atoms with E-state index in [0.717, 1.165) is 29.6 Å². The van der Waals surface area contributed by atoms with Gasteiger partial charge in [0.1, 0.15) is 0 Å². The average molecular weight is 249 g/mol. The summed E-state index contributed by atoms with van der Waals surface area (Å²) in [4.78, 5) is 22.7. The van der Waals surface area contributed by atoms with Crippen LogP contribution in [-0.2, 0) is 6.54 Å². The Labute approximate surface area is 105 Å². The van der Waals surface area contributed by atoms with Gasteiger partial charge in [-0.15, -0.1) is 0 Å². The summed E-state index contributed by atoms with van der Waals surface area (Å²) in [6.45, 7) is 2.90. The Hall–Kier alpha value is -1.10. The lowest BCUT2D eigenvalue weighted by atomic mass is 9.81. The number of hydrogen-bond donors (Lipinski definition) is 0. The van der Waals surface area contributed by atoms with E-state index in [1.165, 1.54) is 11.8 Å². The van der Waals surface area contributed by atoms with Crippen molar-refractivity contribution in [2.75, 3.05) is 6.26 Å². The maximum atomic E-state index is 12.2. The molecular formula is C12H15N3OS. The number of rotatable bonds is 2. The third-order valence-corrected chi connectivity index (χ3v) is 4.19. The standard InChI is InChI=1S/C12H15N3OS/c1-7-3-8(4-7)15-6-10-9(11(15)16)5-13-12(14-10)17-2/h5,7-8H,3-4,6H2,1-2H3. The number of carbonyl (C=O) groups excluding carboxylic acids is 1. The van der Waals surface area contributed by atoms with Crippen molar-refractivity contribution in [2.45, 2.75) is 37.5 Å². The predicted molar refractivity (Wildman–Crippen MR) is 65.9 cm³/mol. The third kappa shape index (κ3) is 1.73. The molecule has 2 heterocycles. The van der Waals surface area contributed by atoms with Crippen LogP contribution in [0.2, 0.25) is 0 Å². The molecule has 1 aromatic heterocycles. The highest BCUT2D eigenvalue weighted by atomic mass is 32.2. The number of hydrogen-bond acceptors (Lipinski definition) is 4. The molecule has 0 spiro atoms. The fourth-order valence-corrected chi connectivity index (χ4v) is 2.95. The molecule has 0 bridgehead atoms. The van der Waals surface area contributed by atoms with Crippen LogP contribution in [0.5, 0.6) is 0 Å². The zero-order chi connectivity index (χ0) is 12.0. The minimum Gasteiger partial charge on any atom is -0.330 e. The van der Waals surface area contributed by atoms with Crippen LogP contribution in [0.1, 0.15) is 35.8 Å². The van der Waals surface area contributed by atoms with Crippen molar-refractivity contribution in [3.05, 3.63) is 17.5 Å². The molecule has 1 fully saturated rings. The monoisotopic (exact) mass is 249 g/mol.